The molecule has 0 aliphatic carbocycles. The molecule has 7 heteroatoms. The first kappa shape index (κ1) is 15.6. The van der Waals surface area contributed by atoms with Gasteiger partial charge in [0.05, 0.1) is 44.2 Å². The van der Waals surface area contributed by atoms with Crippen LogP contribution in [-0.4, -0.2) is 66.2 Å². The molecule has 0 fully saturated rings. The van der Waals surface area contributed by atoms with Gasteiger partial charge in [-0.1, -0.05) is 12.1 Å². The lowest BCUT2D eigenvalue weighted by Gasteiger charge is -2.20. The third kappa shape index (κ3) is 3.45. The maximum Gasteiger partial charge on any atom is 0.263 e. The molecule has 2 rings (SSSR count). The molecule has 114 valence electrons. The van der Waals surface area contributed by atoms with Crippen molar-refractivity contribution >= 4 is 11.8 Å². The molecule has 7 nitrogen and oxygen atoms in total. The van der Waals surface area contributed by atoms with Gasteiger partial charge >= 0.3 is 0 Å². The van der Waals surface area contributed by atoms with Crippen LogP contribution < -0.4 is 0 Å². The molecule has 1 atom stereocenters. The topological polar surface area (TPSA) is 96.3 Å². The number of ether oxygens (including phenoxy) is 2. The minimum Gasteiger partial charge on any atom is -0.394 e. The van der Waals surface area contributed by atoms with Crippen LogP contribution in [0.15, 0.2) is 24.3 Å². The molecule has 2 amide bonds. The lowest BCUT2D eigenvalue weighted by atomic mass is 10.1. The highest BCUT2D eigenvalue weighted by Gasteiger charge is 2.39. The second-order valence-corrected chi connectivity index (χ2v) is 4.42. The lowest BCUT2D eigenvalue weighted by molar-refractivity contribution is -0.0461. The number of hydrogen-bond donors (Lipinski definition) is 2. The van der Waals surface area contributed by atoms with Gasteiger partial charge in [-0.05, 0) is 12.1 Å². The Hall–Kier alpha value is -1.80. The smallest absolute Gasteiger partial charge is 0.263 e. The zero-order valence-corrected chi connectivity index (χ0v) is 11.4. The second-order valence-electron chi connectivity index (χ2n) is 4.42. The van der Waals surface area contributed by atoms with Crippen molar-refractivity contribution in [3.8, 4) is 0 Å². The zero-order valence-electron chi connectivity index (χ0n) is 11.4. The summed E-state index contributed by atoms with van der Waals surface area (Å²) in [6.45, 7) is 0.408. The summed E-state index contributed by atoms with van der Waals surface area (Å²) in [5.74, 6) is -1.05. The minimum atomic E-state index is -1.34. The van der Waals surface area contributed by atoms with Crippen molar-refractivity contribution < 1.29 is 29.3 Å². The fourth-order valence-corrected chi connectivity index (χ4v) is 2.03. The molecule has 21 heavy (non-hydrogen) atoms. The van der Waals surface area contributed by atoms with Gasteiger partial charge in [0, 0.05) is 0 Å². The van der Waals surface area contributed by atoms with Crippen LogP contribution in [0.2, 0.25) is 0 Å². The lowest BCUT2D eigenvalue weighted by Crippen LogP contribution is -2.42. The number of rotatable bonds is 8. The van der Waals surface area contributed by atoms with Gasteiger partial charge in [-0.15, -0.1) is 0 Å². The van der Waals surface area contributed by atoms with Crippen molar-refractivity contribution in [3.63, 3.8) is 0 Å². The Kier molecular flexibility index (Phi) is 5.40. The average Bonchev–Trinajstić information content (AvgIpc) is 2.75. The Labute approximate surface area is 121 Å². The molecule has 1 heterocycles. The van der Waals surface area contributed by atoms with E-state index in [0.29, 0.717) is 0 Å². The van der Waals surface area contributed by atoms with E-state index in [2.05, 4.69) is 0 Å². The standard InChI is InChI=1S/C14H17NO6/c16-5-6-20-7-8-21-9-12(17)15-13(18)10-3-1-2-4-11(10)14(15)19/h1-4,12,16-17H,5-9H2. The van der Waals surface area contributed by atoms with Gasteiger partial charge in [-0.2, -0.15) is 0 Å². The molecule has 2 N–H and O–H groups in total. The molecule has 1 aromatic carbocycles. The number of aliphatic hydroxyl groups is 2. The predicted molar refractivity (Wildman–Crippen MR) is 71.7 cm³/mol. The first-order valence-electron chi connectivity index (χ1n) is 6.58. The van der Waals surface area contributed by atoms with Gasteiger partial charge in [0.25, 0.3) is 11.8 Å². The predicted octanol–water partition coefficient (Wildman–Crippen LogP) is -0.374. The van der Waals surface area contributed by atoms with Crippen molar-refractivity contribution in [1.82, 2.24) is 4.90 Å². The molecule has 1 aliphatic rings. The summed E-state index contributed by atoms with van der Waals surface area (Å²) in [6.07, 6.45) is -1.34. The summed E-state index contributed by atoms with van der Waals surface area (Å²) in [5, 5.41) is 18.5. The number of benzene rings is 1. The molecule has 0 radical (unpaired) electrons. The maximum absolute atomic E-state index is 12.1. The number of fused-ring (bicyclic) bond motifs is 1. The first-order chi connectivity index (χ1) is 10.2. The van der Waals surface area contributed by atoms with Crippen molar-refractivity contribution in [3.05, 3.63) is 35.4 Å². The number of amides is 2. The van der Waals surface area contributed by atoms with Crippen LogP contribution >= 0.6 is 0 Å². The van der Waals surface area contributed by atoms with Gasteiger partial charge in [0.2, 0.25) is 0 Å². The maximum atomic E-state index is 12.1. The summed E-state index contributed by atoms with van der Waals surface area (Å²) in [6, 6.07) is 6.42. The van der Waals surface area contributed by atoms with E-state index in [9.17, 15) is 14.7 Å². The van der Waals surface area contributed by atoms with E-state index in [1.165, 1.54) is 0 Å². The van der Waals surface area contributed by atoms with E-state index < -0.39 is 18.0 Å². The fraction of sp³-hybridized carbons (Fsp3) is 0.429. The van der Waals surface area contributed by atoms with Crippen molar-refractivity contribution in [1.29, 1.82) is 0 Å². The number of carbonyl (C=O) groups is 2. The van der Waals surface area contributed by atoms with Gasteiger partial charge in [0.15, 0.2) is 6.23 Å². The Morgan fingerprint density at radius 2 is 1.57 bits per heavy atom. The van der Waals surface area contributed by atoms with Crippen LogP contribution in [0.3, 0.4) is 0 Å². The summed E-state index contributed by atoms with van der Waals surface area (Å²) < 4.78 is 10.1. The summed E-state index contributed by atoms with van der Waals surface area (Å²) >= 11 is 0. The third-order valence-corrected chi connectivity index (χ3v) is 3.00. The first-order valence-corrected chi connectivity index (χ1v) is 6.58. The molecule has 0 aromatic heterocycles. The third-order valence-electron chi connectivity index (χ3n) is 3.00. The van der Waals surface area contributed by atoms with E-state index in [-0.39, 0.29) is 44.2 Å². The van der Waals surface area contributed by atoms with Crippen molar-refractivity contribution in [2.24, 2.45) is 0 Å². The molecule has 1 unspecified atom stereocenters. The fourth-order valence-electron chi connectivity index (χ4n) is 2.03. The number of imide groups is 1. The molecule has 1 aliphatic heterocycles. The van der Waals surface area contributed by atoms with Gasteiger partial charge < -0.3 is 19.7 Å². The van der Waals surface area contributed by atoms with E-state index in [1.807, 2.05) is 0 Å². The summed E-state index contributed by atoms with van der Waals surface area (Å²) in [7, 11) is 0. The molecule has 0 bridgehead atoms. The van der Waals surface area contributed by atoms with Gasteiger partial charge in [-0.3, -0.25) is 9.59 Å². The zero-order chi connectivity index (χ0) is 15.2. The second kappa shape index (κ2) is 7.28. The van der Waals surface area contributed by atoms with Crippen LogP contribution in [0, 0.1) is 0 Å². The minimum absolute atomic E-state index is 0.0718. The van der Waals surface area contributed by atoms with Crippen LogP contribution in [0.25, 0.3) is 0 Å². The molecular formula is C14H17NO6. The van der Waals surface area contributed by atoms with Gasteiger partial charge in [0.1, 0.15) is 0 Å². The normalized spacial score (nSPS) is 15.4. The highest BCUT2D eigenvalue weighted by Crippen LogP contribution is 2.23. The summed E-state index contributed by atoms with van der Waals surface area (Å²) in [5.41, 5.74) is 0.570. The average molecular weight is 295 g/mol. The molecule has 0 spiro atoms. The van der Waals surface area contributed by atoms with Crippen LogP contribution in [0.5, 0.6) is 0 Å². The van der Waals surface area contributed by atoms with Crippen LogP contribution in [-0.2, 0) is 9.47 Å². The molecular weight excluding hydrogens is 278 g/mol. The molecule has 0 saturated carbocycles. The van der Waals surface area contributed by atoms with Crippen LogP contribution in [0.1, 0.15) is 20.7 Å². The Bertz CT molecular complexity index is 483. The Morgan fingerprint density at radius 3 is 2.14 bits per heavy atom. The SMILES string of the molecule is O=C1c2ccccc2C(=O)N1C(O)COCCOCCO. The highest BCUT2D eigenvalue weighted by atomic mass is 16.5. The van der Waals surface area contributed by atoms with E-state index in [4.69, 9.17) is 14.6 Å². The monoisotopic (exact) mass is 295 g/mol. The van der Waals surface area contributed by atoms with Crippen molar-refractivity contribution in [2.45, 2.75) is 6.23 Å². The molecule has 1 aromatic rings. The Morgan fingerprint density at radius 1 is 1.00 bits per heavy atom. The highest BCUT2D eigenvalue weighted by molar-refractivity contribution is 6.21. The molecule has 0 saturated heterocycles. The largest absolute Gasteiger partial charge is 0.394 e. The van der Waals surface area contributed by atoms with E-state index in [1.54, 1.807) is 24.3 Å². The number of carbonyl (C=O) groups excluding carboxylic acids is 2. The van der Waals surface area contributed by atoms with Crippen LogP contribution in [0.4, 0.5) is 0 Å². The van der Waals surface area contributed by atoms with Gasteiger partial charge in [-0.25, -0.2) is 4.90 Å². The quantitative estimate of drug-likeness (QED) is 0.501. The Balaban J connectivity index is 1.85. The van der Waals surface area contributed by atoms with E-state index in [0.717, 1.165) is 4.90 Å². The van der Waals surface area contributed by atoms with E-state index >= 15 is 0 Å². The van der Waals surface area contributed by atoms with Crippen molar-refractivity contribution in [2.75, 3.05) is 33.0 Å². The number of nitrogens with zero attached hydrogens (tertiary/aromatic N) is 1. The number of aliphatic hydroxyl groups excluding tert-OH is 2. The number of hydrogen-bond acceptors (Lipinski definition) is 6. The summed E-state index contributed by atoms with van der Waals surface area (Å²) in [4.78, 5) is 24.9.